The van der Waals surface area contributed by atoms with Crippen molar-refractivity contribution in [3.8, 4) is 0 Å². The minimum atomic E-state index is -0.118. The van der Waals surface area contributed by atoms with Gasteiger partial charge < -0.3 is 16.4 Å². The van der Waals surface area contributed by atoms with Crippen LogP contribution in [0.25, 0.3) is 5.65 Å². The van der Waals surface area contributed by atoms with Crippen LogP contribution in [0.5, 0.6) is 0 Å². The van der Waals surface area contributed by atoms with E-state index in [1.807, 2.05) is 47.0 Å². The van der Waals surface area contributed by atoms with Crippen molar-refractivity contribution in [2.75, 3.05) is 5.32 Å². The minimum absolute atomic E-state index is 0.0754. The van der Waals surface area contributed by atoms with Gasteiger partial charge >= 0.3 is 0 Å². The summed E-state index contributed by atoms with van der Waals surface area (Å²) >= 11 is 0. The molecule has 0 aliphatic carbocycles. The summed E-state index contributed by atoms with van der Waals surface area (Å²) in [6, 6.07) is 11.6. The van der Waals surface area contributed by atoms with E-state index < -0.39 is 0 Å². The van der Waals surface area contributed by atoms with Crippen LogP contribution in [-0.4, -0.2) is 20.8 Å². The van der Waals surface area contributed by atoms with Crippen LogP contribution in [-0.2, 0) is 19.5 Å². The Morgan fingerprint density at radius 2 is 1.93 bits per heavy atom. The number of amides is 1. The molecule has 2 aromatic heterocycles. The van der Waals surface area contributed by atoms with Crippen molar-refractivity contribution in [1.82, 2.24) is 14.7 Å². The molecule has 0 atom stereocenters. The molecule has 6 heteroatoms. The van der Waals surface area contributed by atoms with Crippen molar-refractivity contribution in [3.05, 3.63) is 65.0 Å². The number of aromatic nitrogens is 2. The number of fused-ring (bicyclic) bond motifs is 1. The maximum Gasteiger partial charge on any atom is 0.251 e. The van der Waals surface area contributed by atoms with E-state index in [0.29, 0.717) is 18.7 Å². The zero-order chi connectivity index (χ0) is 20.3. The number of nitrogens with zero attached hydrogens (tertiary/aromatic N) is 2. The van der Waals surface area contributed by atoms with Crippen LogP contribution in [0.4, 0.5) is 5.82 Å². The van der Waals surface area contributed by atoms with E-state index in [2.05, 4.69) is 38.3 Å². The maximum absolute atomic E-state index is 12.6. The number of rotatable bonds is 6. The summed E-state index contributed by atoms with van der Waals surface area (Å²) in [5, 5.41) is 6.49. The molecule has 0 spiro atoms. The summed E-state index contributed by atoms with van der Waals surface area (Å²) in [6.07, 6.45) is 2.72. The van der Waals surface area contributed by atoms with Gasteiger partial charge in [-0.25, -0.2) is 4.98 Å². The van der Waals surface area contributed by atoms with Crippen LogP contribution in [0.3, 0.4) is 0 Å². The van der Waals surface area contributed by atoms with Crippen LogP contribution in [0.1, 0.15) is 54.9 Å². The topological polar surface area (TPSA) is 84.5 Å². The third-order valence-corrected chi connectivity index (χ3v) is 4.47. The second kappa shape index (κ2) is 8.02. The lowest BCUT2D eigenvalue weighted by atomic mass is 10.1. The largest absolute Gasteiger partial charge is 0.365 e. The zero-order valence-corrected chi connectivity index (χ0v) is 17.0. The molecule has 1 amide bonds. The highest BCUT2D eigenvalue weighted by atomic mass is 16.1. The van der Waals surface area contributed by atoms with E-state index >= 15 is 0 Å². The van der Waals surface area contributed by atoms with Gasteiger partial charge in [-0.2, -0.15) is 0 Å². The van der Waals surface area contributed by atoms with Gasteiger partial charge in [-0.1, -0.05) is 31.2 Å². The summed E-state index contributed by atoms with van der Waals surface area (Å²) in [7, 11) is 0. The molecule has 2 heterocycles. The summed E-state index contributed by atoms with van der Waals surface area (Å²) in [4.78, 5) is 17.3. The van der Waals surface area contributed by atoms with Gasteiger partial charge in [-0.05, 0) is 50.5 Å². The van der Waals surface area contributed by atoms with E-state index in [4.69, 9.17) is 10.7 Å². The molecule has 6 nitrogen and oxygen atoms in total. The second-order valence-corrected chi connectivity index (χ2v) is 7.99. The zero-order valence-electron chi connectivity index (χ0n) is 17.0. The minimum Gasteiger partial charge on any atom is -0.365 e. The molecule has 148 valence electrons. The van der Waals surface area contributed by atoms with Gasteiger partial charge in [0, 0.05) is 30.4 Å². The van der Waals surface area contributed by atoms with Gasteiger partial charge in [0.1, 0.15) is 11.5 Å². The first-order chi connectivity index (χ1) is 13.3. The van der Waals surface area contributed by atoms with E-state index in [9.17, 15) is 4.79 Å². The number of aryl methyl sites for hydroxylation is 1. The molecule has 3 rings (SSSR count). The highest BCUT2D eigenvalue weighted by Gasteiger charge is 2.18. The van der Waals surface area contributed by atoms with Crippen molar-refractivity contribution in [1.29, 1.82) is 0 Å². The molecule has 4 N–H and O–H groups in total. The maximum atomic E-state index is 12.6. The number of hydrogen-bond donors (Lipinski definition) is 3. The Kier molecular flexibility index (Phi) is 5.70. The van der Waals surface area contributed by atoms with Crippen molar-refractivity contribution >= 4 is 17.4 Å². The van der Waals surface area contributed by atoms with E-state index in [1.54, 1.807) is 0 Å². The van der Waals surface area contributed by atoms with Gasteiger partial charge in [0.15, 0.2) is 0 Å². The van der Waals surface area contributed by atoms with E-state index in [-0.39, 0.29) is 11.4 Å². The van der Waals surface area contributed by atoms with E-state index in [1.165, 1.54) is 0 Å². The molecule has 28 heavy (non-hydrogen) atoms. The first kappa shape index (κ1) is 19.9. The van der Waals surface area contributed by atoms with Gasteiger partial charge in [0.2, 0.25) is 0 Å². The number of carbonyl (C=O) groups is 1. The van der Waals surface area contributed by atoms with Crippen LogP contribution < -0.4 is 16.4 Å². The number of carbonyl (C=O) groups excluding carboxylic acids is 1. The number of hydrogen-bond acceptors (Lipinski definition) is 4. The van der Waals surface area contributed by atoms with E-state index in [0.717, 1.165) is 34.7 Å². The SMILES string of the molecule is CCc1nc2cc(C(=O)NCc3cccc(CN)c3)ccn2c1NC(C)(C)C. The van der Waals surface area contributed by atoms with Crippen molar-refractivity contribution in [2.24, 2.45) is 5.73 Å². The predicted octanol–water partition coefficient (Wildman–Crippen LogP) is 3.50. The molecule has 0 saturated carbocycles. The van der Waals surface area contributed by atoms with Crippen molar-refractivity contribution in [2.45, 2.75) is 52.7 Å². The van der Waals surface area contributed by atoms with Crippen molar-refractivity contribution < 1.29 is 4.79 Å². The molecule has 0 bridgehead atoms. The average molecular weight is 380 g/mol. The Bertz CT molecular complexity index is 984. The molecule has 1 aromatic carbocycles. The lowest BCUT2D eigenvalue weighted by Gasteiger charge is -2.22. The summed E-state index contributed by atoms with van der Waals surface area (Å²) < 4.78 is 2.01. The fourth-order valence-corrected chi connectivity index (χ4v) is 3.12. The lowest BCUT2D eigenvalue weighted by Crippen LogP contribution is -2.27. The quantitative estimate of drug-likeness (QED) is 0.612. The molecule has 0 saturated heterocycles. The highest BCUT2D eigenvalue weighted by Crippen LogP contribution is 2.23. The third kappa shape index (κ3) is 4.51. The third-order valence-electron chi connectivity index (χ3n) is 4.47. The molecular formula is C22H29N5O. The fraction of sp³-hybridized carbons (Fsp3) is 0.364. The number of pyridine rings is 1. The average Bonchev–Trinajstić information content (AvgIpc) is 3.01. The number of nitrogens with one attached hydrogen (secondary N) is 2. The number of nitrogens with two attached hydrogens (primary N) is 1. The van der Waals surface area contributed by atoms with Gasteiger partial charge in [-0.15, -0.1) is 0 Å². The van der Waals surface area contributed by atoms with Gasteiger partial charge in [0.25, 0.3) is 5.91 Å². The summed E-state index contributed by atoms with van der Waals surface area (Å²) in [5.74, 6) is 0.864. The molecule has 0 radical (unpaired) electrons. The Morgan fingerprint density at radius 1 is 1.18 bits per heavy atom. The predicted molar refractivity (Wildman–Crippen MR) is 113 cm³/mol. The monoisotopic (exact) mass is 379 g/mol. The Labute approximate surface area is 166 Å². The molecule has 0 aliphatic heterocycles. The van der Waals surface area contributed by atoms with Crippen LogP contribution in [0, 0.1) is 0 Å². The molecular weight excluding hydrogens is 350 g/mol. The molecule has 0 fully saturated rings. The standard InChI is InChI=1S/C22H29N5O/c1-5-18-20(26-22(2,3)4)27-10-9-17(12-19(27)25-18)21(28)24-14-16-8-6-7-15(11-16)13-23/h6-12,26H,5,13-14,23H2,1-4H3,(H,24,28). The second-order valence-electron chi connectivity index (χ2n) is 7.99. The highest BCUT2D eigenvalue weighted by molar-refractivity contribution is 5.95. The number of anilines is 1. The molecule has 0 unspecified atom stereocenters. The summed E-state index contributed by atoms with van der Waals surface area (Å²) in [6.45, 7) is 9.39. The smallest absolute Gasteiger partial charge is 0.251 e. The van der Waals surface area contributed by atoms with Crippen molar-refractivity contribution in [3.63, 3.8) is 0 Å². The normalized spacial score (nSPS) is 11.6. The lowest BCUT2D eigenvalue weighted by molar-refractivity contribution is 0.0951. The first-order valence-electron chi connectivity index (χ1n) is 9.66. The Hall–Kier alpha value is -2.86. The first-order valence-corrected chi connectivity index (χ1v) is 9.66. The van der Waals surface area contributed by atoms with Gasteiger partial charge in [0.05, 0.1) is 5.69 Å². The van der Waals surface area contributed by atoms with Gasteiger partial charge in [-0.3, -0.25) is 9.20 Å². The summed E-state index contributed by atoms with van der Waals surface area (Å²) in [5.41, 5.74) is 10.0. The molecule has 3 aromatic rings. The fourth-order valence-electron chi connectivity index (χ4n) is 3.12. The number of imidazole rings is 1. The Balaban J connectivity index is 1.80. The van der Waals surface area contributed by atoms with Crippen LogP contribution in [0.2, 0.25) is 0 Å². The molecule has 0 aliphatic rings. The van der Waals surface area contributed by atoms with Crippen LogP contribution in [0.15, 0.2) is 42.6 Å². The Morgan fingerprint density at radius 3 is 2.61 bits per heavy atom. The van der Waals surface area contributed by atoms with Crippen LogP contribution >= 0.6 is 0 Å². The number of benzene rings is 1.